The van der Waals surface area contributed by atoms with Gasteiger partial charge in [-0.1, -0.05) is 6.07 Å². The van der Waals surface area contributed by atoms with Gasteiger partial charge in [-0.25, -0.2) is 13.1 Å². The lowest BCUT2D eigenvalue weighted by Gasteiger charge is -2.22. The summed E-state index contributed by atoms with van der Waals surface area (Å²) in [5.74, 6) is -0.668. The molecule has 1 aromatic rings. The lowest BCUT2D eigenvalue weighted by Crippen LogP contribution is -2.33. The second kappa shape index (κ2) is 6.28. The molecule has 122 valence electrons. The van der Waals surface area contributed by atoms with Gasteiger partial charge in [0.2, 0.25) is 10.0 Å². The van der Waals surface area contributed by atoms with Crippen LogP contribution in [0.3, 0.4) is 0 Å². The van der Waals surface area contributed by atoms with Gasteiger partial charge in [0.1, 0.15) is 0 Å². The van der Waals surface area contributed by atoms with Crippen LogP contribution in [-0.2, 0) is 32.3 Å². The summed E-state index contributed by atoms with van der Waals surface area (Å²) >= 11 is 0. The van der Waals surface area contributed by atoms with E-state index in [0.717, 1.165) is 19.3 Å². The van der Waals surface area contributed by atoms with Crippen LogP contribution in [0.1, 0.15) is 37.3 Å². The molecule has 0 amide bonds. The molecule has 0 radical (unpaired) electrons. The van der Waals surface area contributed by atoms with Gasteiger partial charge in [0.15, 0.2) is 5.79 Å². The topological polar surface area (TPSA) is 64.6 Å². The van der Waals surface area contributed by atoms with Gasteiger partial charge in [-0.05, 0) is 55.9 Å². The smallest absolute Gasteiger partial charge is 0.240 e. The molecule has 1 fully saturated rings. The molecule has 1 N–H and O–H groups in total. The van der Waals surface area contributed by atoms with E-state index in [1.165, 1.54) is 17.5 Å². The second-order valence-corrected chi connectivity index (χ2v) is 7.88. The van der Waals surface area contributed by atoms with Crippen LogP contribution in [0.2, 0.25) is 0 Å². The summed E-state index contributed by atoms with van der Waals surface area (Å²) in [5.41, 5.74) is 2.45. The van der Waals surface area contributed by atoms with Crippen molar-refractivity contribution in [2.24, 2.45) is 0 Å². The van der Waals surface area contributed by atoms with Crippen LogP contribution in [0, 0.1) is 0 Å². The van der Waals surface area contributed by atoms with Gasteiger partial charge >= 0.3 is 0 Å². The van der Waals surface area contributed by atoms with E-state index in [1.807, 2.05) is 19.1 Å². The van der Waals surface area contributed by atoms with Crippen molar-refractivity contribution in [3.8, 4) is 0 Å². The summed E-state index contributed by atoms with van der Waals surface area (Å²) in [6.07, 6.45) is 4.85. The Morgan fingerprint density at radius 1 is 1.14 bits per heavy atom. The van der Waals surface area contributed by atoms with Crippen LogP contribution in [0.15, 0.2) is 23.1 Å². The van der Waals surface area contributed by atoms with Crippen LogP contribution >= 0.6 is 0 Å². The number of benzene rings is 1. The van der Waals surface area contributed by atoms with Crippen molar-refractivity contribution >= 4 is 10.0 Å². The zero-order valence-corrected chi connectivity index (χ0v) is 13.7. The Balaban J connectivity index is 1.65. The minimum atomic E-state index is -3.47. The van der Waals surface area contributed by atoms with Crippen molar-refractivity contribution in [1.29, 1.82) is 0 Å². The normalized spacial score (nSPS) is 20.8. The molecule has 6 heteroatoms. The monoisotopic (exact) mass is 325 g/mol. The molecule has 1 aliphatic carbocycles. The summed E-state index contributed by atoms with van der Waals surface area (Å²) in [6, 6.07) is 5.48. The first kappa shape index (κ1) is 15.9. The van der Waals surface area contributed by atoms with Crippen molar-refractivity contribution in [3.63, 3.8) is 0 Å². The highest BCUT2D eigenvalue weighted by Gasteiger charge is 2.31. The van der Waals surface area contributed by atoms with E-state index in [1.54, 1.807) is 6.07 Å². The first-order chi connectivity index (χ1) is 10.5. The maximum absolute atomic E-state index is 12.4. The molecular weight excluding hydrogens is 302 g/mol. The zero-order valence-electron chi connectivity index (χ0n) is 12.9. The number of nitrogens with one attached hydrogen (secondary N) is 1. The van der Waals surface area contributed by atoms with Gasteiger partial charge in [-0.3, -0.25) is 0 Å². The average molecular weight is 325 g/mol. The van der Waals surface area contributed by atoms with Crippen LogP contribution in [0.5, 0.6) is 0 Å². The lowest BCUT2D eigenvalue weighted by molar-refractivity contribution is -0.145. The van der Waals surface area contributed by atoms with E-state index in [2.05, 4.69) is 4.72 Å². The van der Waals surface area contributed by atoms with Crippen molar-refractivity contribution in [2.75, 3.05) is 19.8 Å². The van der Waals surface area contributed by atoms with Gasteiger partial charge in [0.25, 0.3) is 0 Å². The quantitative estimate of drug-likeness (QED) is 0.899. The summed E-state index contributed by atoms with van der Waals surface area (Å²) in [5, 5.41) is 0. The van der Waals surface area contributed by atoms with Crippen LogP contribution in [-0.4, -0.2) is 34.0 Å². The van der Waals surface area contributed by atoms with E-state index >= 15 is 0 Å². The van der Waals surface area contributed by atoms with Crippen LogP contribution in [0.25, 0.3) is 0 Å². The predicted molar refractivity (Wildman–Crippen MR) is 83.2 cm³/mol. The Morgan fingerprint density at radius 3 is 2.55 bits per heavy atom. The molecule has 1 aliphatic heterocycles. The predicted octanol–water partition coefficient (Wildman–Crippen LogP) is 2.00. The maximum atomic E-state index is 12.4. The highest BCUT2D eigenvalue weighted by atomic mass is 32.2. The number of ether oxygens (including phenoxy) is 2. The zero-order chi connectivity index (χ0) is 15.6. The highest BCUT2D eigenvalue weighted by Crippen LogP contribution is 2.25. The van der Waals surface area contributed by atoms with Crippen molar-refractivity contribution < 1.29 is 17.9 Å². The fourth-order valence-corrected chi connectivity index (χ4v) is 4.16. The lowest BCUT2D eigenvalue weighted by atomic mass is 9.92. The Hall–Kier alpha value is -0.950. The first-order valence-electron chi connectivity index (χ1n) is 7.88. The van der Waals surface area contributed by atoms with E-state index < -0.39 is 15.8 Å². The molecule has 0 aromatic heterocycles. The number of fused-ring (bicyclic) bond motifs is 1. The number of aryl methyl sites for hydroxylation is 2. The molecule has 0 unspecified atom stereocenters. The number of sulfonamides is 1. The number of hydrogen-bond acceptors (Lipinski definition) is 4. The van der Waals surface area contributed by atoms with Gasteiger partial charge in [0.05, 0.1) is 18.1 Å². The second-order valence-electron chi connectivity index (χ2n) is 6.12. The average Bonchev–Trinajstić information content (AvgIpc) is 2.93. The third kappa shape index (κ3) is 3.51. The van der Waals surface area contributed by atoms with Gasteiger partial charge in [-0.15, -0.1) is 0 Å². The third-order valence-electron chi connectivity index (χ3n) is 4.40. The van der Waals surface area contributed by atoms with Crippen molar-refractivity contribution in [1.82, 2.24) is 4.72 Å². The largest absolute Gasteiger partial charge is 0.348 e. The molecule has 1 heterocycles. The van der Waals surface area contributed by atoms with Crippen molar-refractivity contribution in [2.45, 2.75) is 49.7 Å². The van der Waals surface area contributed by atoms with Gasteiger partial charge < -0.3 is 9.47 Å². The minimum Gasteiger partial charge on any atom is -0.348 e. The molecule has 3 rings (SSSR count). The van der Waals surface area contributed by atoms with Crippen LogP contribution in [0.4, 0.5) is 0 Å². The fourth-order valence-electron chi connectivity index (χ4n) is 3.07. The number of hydrogen-bond donors (Lipinski definition) is 1. The molecule has 0 bridgehead atoms. The van der Waals surface area contributed by atoms with E-state index in [-0.39, 0.29) is 0 Å². The molecule has 1 aromatic carbocycles. The molecule has 0 saturated carbocycles. The first-order valence-corrected chi connectivity index (χ1v) is 9.36. The minimum absolute atomic E-state index is 0.302. The van der Waals surface area contributed by atoms with Gasteiger partial charge in [-0.2, -0.15) is 0 Å². The van der Waals surface area contributed by atoms with E-state index in [0.29, 0.717) is 31.1 Å². The molecule has 0 atom stereocenters. The van der Waals surface area contributed by atoms with Crippen molar-refractivity contribution in [3.05, 3.63) is 29.3 Å². The summed E-state index contributed by atoms with van der Waals surface area (Å²) in [4.78, 5) is 0.353. The maximum Gasteiger partial charge on any atom is 0.240 e. The third-order valence-corrected chi connectivity index (χ3v) is 5.86. The Bertz CT molecular complexity index is 636. The standard InChI is InChI=1S/C16H23NO4S/c1-16(20-10-11-21-16)8-9-17-22(18,19)15-7-6-13-4-2-3-5-14(13)12-15/h6-7,12,17H,2-5,8-11H2,1H3. The summed E-state index contributed by atoms with van der Waals surface area (Å²) < 4.78 is 38.4. The summed E-state index contributed by atoms with van der Waals surface area (Å²) in [7, 11) is -3.47. The fraction of sp³-hybridized carbons (Fsp3) is 0.625. The molecule has 22 heavy (non-hydrogen) atoms. The molecule has 1 saturated heterocycles. The molecule has 5 nitrogen and oxygen atoms in total. The molecule has 2 aliphatic rings. The highest BCUT2D eigenvalue weighted by molar-refractivity contribution is 7.89. The Morgan fingerprint density at radius 2 is 1.82 bits per heavy atom. The Labute approximate surface area is 132 Å². The number of rotatable bonds is 5. The Kier molecular flexibility index (Phi) is 4.54. The van der Waals surface area contributed by atoms with Crippen LogP contribution < -0.4 is 4.72 Å². The SMILES string of the molecule is CC1(CCNS(=O)(=O)c2ccc3c(c2)CCCC3)OCCO1. The molecule has 0 spiro atoms. The molecular formula is C16H23NO4S. The van der Waals surface area contributed by atoms with E-state index in [9.17, 15) is 8.42 Å². The van der Waals surface area contributed by atoms with E-state index in [4.69, 9.17) is 9.47 Å². The van der Waals surface area contributed by atoms with Gasteiger partial charge in [0, 0.05) is 13.0 Å². The summed E-state index contributed by atoms with van der Waals surface area (Å²) in [6.45, 7) is 3.27.